The van der Waals surface area contributed by atoms with Crippen LogP contribution in [0.5, 0.6) is 0 Å². The molecule has 0 spiro atoms. The van der Waals surface area contributed by atoms with Crippen molar-refractivity contribution in [1.82, 2.24) is 10.3 Å². The number of thiazole rings is 1. The van der Waals surface area contributed by atoms with E-state index < -0.39 is 0 Å². The summed E-state index contributed by atoms with van der Waals surface area (Å²) in [5.41, 5.74) is 1.23. The normalized spacial score (nSPS) is 18.8. The van der Waals surface area contributed by atoms with E-state index in [-0.39, 0.29) is 0 Å². The van der Waals surface area contributed by atoms with E-state index in [1.54, 1.807) is 0 Å². The first kappa shape index (κ1) is 11.1. The lowest BCUT2D eigenvalue weighted by Crippen LogP contribution is -2.19. The highest BCUT2D eigenvalue weighted by atomic mass is 32.1. The van der Waals surface area contributed by atoms with Gasteiger partial charge in [-0.2, -0.15) is 0 Å². The van der Waals surface area contributed by atoms with Crippen molar-refractivity contribution in [2.24, 2.45) is 0 Å². The van der Waals surface area contributed by atoms with Gasteiger partial charge >= 0.3 is 0 Å². The van der Waals surface area contributed by atoms with Crippen LogP contribution in [0.3, 0.4) is 0 Å². The van der Waals surface area contributed by atoms with Gasteiger partial charge in [0.1, 0.15) is 0 Å². The summed E-state index contributed by atoms with van der Waals surface area (Å²) in [6.07, 6.45) is 5.28. The summed E-state index contributed by atoms with van der Waals surface area (Å²) in [4.78, 5) is 4.74. The highest BCUT2D eigenvalue weighted by Gasteiger charge is 2.23. The molecule has 2 nitrogen and oxygen atoms in total. The number of nitrogens with zero attached hydrogens (tertiary/aromatic N) is 1. The number of hydrogen-bond acceptors (Lipinski definition) is 3. The zero-order valence-corrected chi connectivity index (χ0v) is 10.4. The lowest BCUT2D eigenvalue weighted by molar-refractivity contribution is 0.416. The molecule has 1 saturated carbocycles. The van der Waals surface area contributed by atoms with Gasteiger partial charge in [0.2, 0.25) is 0 Å². The molecule has 0 aliphatic heterocycles. The molecule has 1 aromatic rings. The topological polar surface area (TPSA) is 24.9 Å². The van der Waals surface area contributed by atoms with Crippen LogP contribution < -0.4 is 5.32 Å². The third kappa shape index (κ3) is 2.58. The lowest BCUT2D eigenvalue weighted by Gasteiger charge is -2.22. The monoisotopic (exact) mass is 224 g/mol. The number of hydrogen-bond donors (Lipinski definition) is 1. The van der Waals surface area contributed by atoms with Crippen molar-refractivity contribution in [1.29, 1.82) is 0 Å². The Kier molecular flexibility index (Phi) is 3.76. The fourth-order valence-electron chi connectivity index (χ4n) is 1.81. The molecule has 2 rings (SSSR count). The molecule has 0 amide bonds. The molecule has 1 N–H and O–H groups in total. The van der Waals surface area contributed by atoms with E-state index in [4.69, 9.17) is 4.98 Å². The van der Waals surface area contributed by atoms with E-state index in [1.807, 2.05) is 11.3 Å². The van der Waals surface area contributed by atoms with Crippen LogP contribution in [0.4, 0.5) is 0 Å². The summed E-state index contributed by atoms with van der Waals surface area (Å²) >= 11 is 1.84. The highest BCUT2D eigenvalue weighted by molar-refractivity contribution is 7.09. The first-order valence-corrected chi connectivity index (χ1v) is 6.88. The minimum absolute atomic E-state index is 0.412. The van der Waals surface area contributed by atoms with Gasteiger partial charge in [-0.15, -0.1) is 11.3 Å². The Labute approximate surface area is 96.1 Å². The van der Waals surface area contributed by atoms with Crippen LogP contribution in [0.25, 0.3) is 0 Å². The third-order valence-corrected chi connectivity index (χ3v) is 4.16. The van der Waals surface area contributed by atoms with Gasteiger partial charge in [-0.05, 0) is 32.7 Å². The van der Waals surface area contributed by atoms with Gasteiger partial charge in [-0.25, -0.2) is 4.98 Å². The molecule has 0 radical (unpaired) electrons. The summed E-state index contributed by atoms with van der Waals surface area (Å²) < 4.78 is 0. The Balaban J connectivity index is 1.93. The van der Waals surface area contributed by atoms with Gasteiger partial charge < -0.3 is 5.32 Å². The van der Waals surface area contributed by atoms with Crippen molar-refractivity contribution in [3.63, 3.8) is 0 Å². The molecule has 0 saturated heterocycles. The first-order chi connectivity index (χ1) is 7.31. The Morgan fingerprint density at radius 3 is 3.00 bits per heavy atom. The maximum atomic E-state index is 4.74. The molecule has 1 unspecified atom stereocenters. The summed E-state index contributed by atoms with van der Waals surface area (Å²) in [5, 5.41) is 7.07. The second kappa shape index (κ2) is 5.08. The van der Waals surface area contributed by atoms with Crippen LogP contribution in [-0.2, 0) is 0 Å². The Hall–Kier alpha value is -0.410. The van der Waals surface area contributed by atoms with Crippen molar-refractivity contribution in [2.45, 2.75) is 51.5 Å². The van der Waals surface area contributed by atoms with Gasteiger partial charge in [-0.1, -0.05) is 13.3 Å². The molecular formula is C12H20N2S. The summed E-state index contributed by atoms with van der Waals surface area (Å²) in [7, 11) is 0. The van der Waals surface area contributed by atoms with Crippen molar-refractivity contribution in [3.8, 4) is 0 Å². The molecule has 0 aromatic carbocycles. The predicted octanol–water partition coefficient (Wildman–Crippen LogP) is 3.47. The van der Waals surface area contributed by atoms with Gasteiger partial charge in [0.25, 0.3) is 0 Å². The molecule has 1 heterocycles. The van der Waals surface area contributed by atoms with Crippen LogP contribution in [0.2, 0.25) is 0 Å². The zero-order valence-electron chi connectivity index (χ0n) is 9.62. The van der Waals surface area contributed by atoms with E-state index in [0.717, 1.165) is 12.5 Å². The largest absolute Gasteiger partial charge is 0.309 e. The molecule has 15 heavy (non-hydrogen) atoms. The maximum absolute atomic E-state index is 4.74. The standard InChI is InChI=1S/C12H20N2S/c1-3-7-13-9(2)11-8-15-12(14-11)10-5-4-6-10/h8-10,13H,3-7H2,1-2H3. The summed E-state index contributed by atoms with van der Waals surface area (Å²) in [6, 6.07) is 0.412. The van der Waals surface area contributed by atoms with E-state index in [0.29, 0.717) is 6.04 Å². The average Bonchev–Trinajstić information content (AvgIpc) is 2.60. The molecule has 1 atom stereocenters. The van der Waals surface area contributed by atoms with Crippen molar-refractivity contribution < 1.29 is 0 Å². The van der Waals surface area contributed by atoms with Crippen LogP contribution in [0, 0.1) is 0 Å². The van der Waals surface area contributed by atoms with Gasteiger partial charge in [0, 0.05) is 17.3 Å². The van der Waals surface area contributed by atoms with Gasteiger partial charge in [-0.3, -0.25) is 0 Å². The van der Waals surface area contributed by atoms with E-state index >= 15 is 0 Å². The number of rotatable bonds is 5. The maximum Gasteiger partial charge on any atom is 0.0959 e. The zero-order chi connectivity index (χ0) is 10.7. The van der Waals surface area contributed by atoms with E-state index in [9.17, 15) is 0 Å². The third-order valence-electron chi connectivity index (χ3n) is 3.14. The fraction of sp³-hybridized carbons (Fsp3) is 0.750. The lowest BCUT2D eigenvalue weighted by atomic mass is 9.86. The highest BCUT2D eigenvalue weighted by Crippen LogP contribution is 2.38. The Morgan fingerprint density at radius 1 is 1.60 bits per heavy atom. The smallest absolute Gasteiger partial charge is 0.0959 e. The molecule has 1 aromatic heterocycles. The SMILES string of the molecule is CCCNC(C)c1csc(C2CCC2)n1. The van der Waals surface area contributed by atoms with Gasteiger partial charge in [0.05, 0.1) is 10.7 Å². The van der Waals surface area contributed by atoms with Crippen molar-refractivity contribution in [3.05, 3.63) is 16.1 Å². The second-order valence-electron chi connectivity index (χ2n) is 4.41. The Bertz CT molecular complexity index is 304. The van der Waals surface area contributed by atoms with Gasteiger partial charge in [0.15, 0.2) is 0 Å². The predicted molar refractivity (Wildman–Crippen MR) is 65.4 cm³/mol. The van der Waals surface area contributed by atoms with Crippen LogP contribution in [-0.4, -0.2) is 11.5 Å². The second-order valence-corrected chi connectivity index (χ2v) is 5.30. The minimum Gasteiger partial charge on any atom is -0.309 e. The molecule has 3 heteroatoms. The van der Waals surface area contributed by atoms with E-state index in [2.05, 4.69) is 24.5 Å². The summed E-state index contributed by atoms with van der Waals surface area (Å²) in [5.74, 6) is 0.780. The molecule has 1 aliphatic rings. The van der Waals surface area contributed by atoms with Crippen molar-refractivity contribution >= 4 is 11.3 Å². The van der Waals surface area contributed by atoms with E-state index in [1.165, 1.54) is 36.4 Å². The number of aromatic nitrogens is 1. The summed E-state index contributed by atoms with van der Waals surface area (Å²) in [6.45, 7) is 5.48. The Morgan fingerprint density at radius 2 is 2.40 bits per heavy atom. The molecule has 84 valence electrons. The minimum atomic E-state index is 0.412. The molecule has 1 aliphatic carbocycles. The first-order valence-electron chi connectivity index (χ1n) is 6.00. The molecule has 0 bridgehead atoms. The molecular weight excluding hydrogens is 204 g/mol. The van der Waals surface area contributed by atoms with Crippen LogP contribution in [0.15, 0.2) is 5.38 Å². The average molecular weight is 224 g/mol. The van der Waals surface area contributed by atoms with Crippen molar-refractivity contribution in [2.75, 3.05) is 6.54 Å². The number of nitrogens with one attached hydrogen (secondary N) is 1. The van der Waals surface area contributed by atoms with Crippen LogP contribution >= 0.6 is 11.3 Å². The fourth-order valence-corrected chi connectivity index (χ4v) is 2.89. The quantitative estimate of drug-likeness (QED) is 0.828. The molecule has 1 fully saturated rings. The van der Waals surface area contributed by atoms with Crippen LogP contribution in [0.1, 0.15) is 62.2 Å².